The van der Waals surface area contributed by atoms with E-state index in [9.17, 15) is 14.9 Å². The predicted octanol–water partition coefficient (Wildman–Crippen LogP) is 3.14. The van der Waals surface area contributed by atoms with E-state index < -0.39 is 0 Å². The first-order valence-corrected chi connectivity index (χ1v) is 14.6. The molecule has 0 radical (unpaired) electrons. The Morgan fingerprint density at radius 1 is 1.11 bits per heavy atom. The lowest BCUT2D eigenvalue weighted by atomic mass is 9.89. The molecule has 2 aromatic rings. The summed E-state index contributed by atoms with van der Waals surface area (Å²) in [4.78, 5) is 38.8. The summed E-state index contributed by atoms with van der Waals surface area (Å²) in [5.74, 6) is 0.229. The number of anilines is 2. The van der Waals surface area contributed by atoms with E-state index in [-0.39, 0.29) is 29.9 Å². The second-order valence-corrected chi connectivity index (χ2v) is 10.7. The molecule has 1 aromatic carbocycles. The van der Waals surface area contributed by atoms with Gasteiger partial charge in [0.1, 0.15) is 17.9 Å². The molecule has 1 aromatic heterocycles. The number of hydrogen-bond acceptors (Lipinski definition) is 10. The molecule has 3 aliphatic heterocycles. The van der Waals surface area contributed by atoms with Crippen LogP contribution < -0.4 is 21.3 Å². The maximum Gasteiger partial charge on any atom is 0.258 e. The Bertz CT molecular complexity index is 1610. The molecule has 0 spiro atoms. The zero-order valence-electron chi connectivity index (χ0n) is 24.0. The Morgan fingerprint density at radius 2 is 1.91 bits per heavy atom. The number of fused-ring (bicyclic) bond motifs is 1. The second kappa shape index (κ2) is 13.5. The summed E-state index contributed by atoms with van der Waals surface area (Å²) < 4.78 is 11.8. The van der Waals surface area contributed by atoms with Gasteiger partial charge < -0.3 is 25.4 Å². The first-order chi connectivity index (χ1) is 21.6. The van der Waals surface area contributed by atoms with Crippen molar-refractivity contribution in [1.29, 1.82) is 5.26 Å². The van der Waals surface area contributed by atoms with Gasteiger partial charge in [0.15, 0.2) is 0 Å². The molecule has 0 bridgehead atoms. The number of allylic oxidation sites excluding steroid dienone is 2. The van der Waals surface area contributed by atoms with E-state index >= 15 is 0 Å². The third kappa shape index (κ3) is 6.91. The average Bonchev–Trinajstić information content (AvgIpc) is 3.56. The Morgan fingerprint density at radius 3 is 2.64 bits per heavy atom. The summed E-state index contributed by atoms with van der Waals surface area (Å²) in [6, 6.07) is 10.7. The summed E-state index contributed by atoms with van der Waals surface area (Å²) in [6.45, 7) is 2.81. The van der Waals surface area contributed by atoms with Crippen LogP contribution in [-0.4, -0.2) is 66.4 Å². The first kappa shape index (κ1) is 29.0. The maximum absolute atomic E-state index is 13.1. The smallest absolute Gasteiger partial charge is 0.258 e. The van der Waals surface area contributed by atoms with Crippen LogP contribution in [0.1, 0.15) is 36.0 Å². The van der Waals surface area contributed by atoms with Gasteiger partial charge in [-0.05, 0) is 44.1 Å². The van der Waals surface area contributed by atoms with Gasteiger partial charge in [-0.15, -0.1) is 0 Å². The van der Waals surface area contributed by atoms with Gasteiger partial charge in [0.2, 0.25) is 11.9 Å². The highest BCUT2D eigenvalue weighted by Crippen LogP contribution is 2.35. The molecule has 2 fully saturated rings. The van der Waals surface area contributed by atoms with Crippen molar-refractivity contribution in [3.05, 3.63) is 94.3 Å². The Labute approximate surface area is 254 Å². The molecular weight excluding hydrogens is 560 g/mol. The van der Waals surface area contributed by atoms with Crippen LogP contribution in [0.4, 0.5) is 11.6 Å². The van der Waals surface area contributed by atoms with E-state index in [1.165, 1.54) is 12.4 Å². The second-order valence-electron chi connectivity index (χ2n) is 10.7. The van der Waals surface area contributed by atoms with E-state index in [0.717, 1.165) is 43.5 Å². The van der Waals surface area contributed by atoms with E-state index in [0.29, 0.717) is 53.6 Å². The lowest BCUT2D eigenvalue weighted by Crippen LogP contribution is -2.32. The van der Waals surface area contributed by atoms with Crippen molar-refractivity contribution in [3.63, 3.8) is 0 Å². The average molecular weight is 593 g/mol. The lowest BCUT2D eigenvalue weighted by Gasteiger charge is -2.31. The van der Waals surface area contributed by atoms with Crippen LogP contribution in [-0.2, 0) is 14.3 Å². The van der Waals surface area contributed by atoms with Gasteiger partial charge in [0.05, 0.1) is 54.3 Å². The number of nitrogens with one attached hydrogen (secondary N) is 4. The molecule has 2 unspecified atom stereocenters. The standard InChI is InChI=1S/C32H32N8O4/c33-15-22-16-35-26-14-28(44-24-8-11-43-19-24)27(39-29(41)12-20-6-9-34-10-7-20)13-25(26)30(22)38-23-17-36-32(37-18-23)40-31(42)21-4-2-1-3-5-21/h1-5,12-13,16-18,24,26,34,38H,6-11,14,19H2,(H,39,41)(H,36,37,40,42). The maximum atomic E-state index is 13.1. The number of carbonyl (C=O) groups excluding carboxylic acids is 2. The largest absolute Gasteiger partial charge is 0.490 e. The summed E-state index contributed by atoms with van der Waals surface area (Å²) in [5.41, 5.74) is 4.21. The summed E-state index contributed by atoms with van der Waals surface area (Å²) >= 11 is 0. The van der Waals surface area contributed by atoms with Crippen molar-refractivity contribution < 1.29 is 19.1 Å². The number of rotatable bonds is 8. The van der Waals surface area contributed by atoms with Gasteiger partial charge >= 0.3 is 0 Å². The molecule has 4 aliphatic rings. The molecule has 224 valence electrons. The zero-order chi connectivity index (χ0) is 30.3. The summed E-state index contributed by atoms with van der Waals surface area (Å²) in [5, 5.41) is 22.2. The van der Waals surface area contributed by atoms with E-state index in [2.05, 4.69) is 42.3 Å². The summed E-state index contributed by atoms with van der Waals surface area (Å²) in [6.07, 6.45) is 10.8. The molecule has 1 aliphatic carbocycles. The zero-order valence-corrected chi connectivity index (χ0v) is 24.0. The minimum atomic E-state index is -0.333. The molecule has 2 amide bonds. The third-order valence-electron chi connectivity index (χ3n) is 7.62. The number of piperidine rings is 1. The predicted molar refractivity (Wildman–Crippen MR) is 163 cm³/mol. The fourth-order valence-electron chi connectivity index (χ4n) is 5.34. The van der Waals surface area contributed by atoms with Crippen LogP contribution in [0.25, 0.3) is 0 Å². The highest BCUT2D eigenvalue weighted by atomic mass is 16.5. The van der Waals surface area contributed by atoms with Crippen molar-refractivity contribution in [2.24, 2.45) is 4.99 Å². The molecule has 12 nitrogen and oxygen atoms in total. The topological polar surface area (TPSA) is 163 Å². The molecule has 6 rings (SSSR count). The van der Waals surface area contributed by atoms with Crippen LogP contribution in [0.5, 0.6) is 0 Å². The third-order valence-corrected chi connectivity index (χ3v) is 7.62. The van der Waals surface area contributed by atoms with Gasteiger partial charge in [0, 0.05) is 36.3 Å². The highest BCUT2D eigenvalue weighted by Gasteiger charge is 2.32. The first-order valence-electron chi connectivity index (χ1n) is 14.6. The lowest BCUT2D eigenvalue weighted by molar-refractivity contribution is -0.115. The molecule has 4 heterocycles. The summed E-state index contributed by atoms with van der Waals surface area (Å²) in [7, 11) is 0. The Kier molecular flexibility index (Phi) is 8.86. The molecule has 44 heavy (non-hydrogen) atoms. The molecule has 4 N–H and O–H groups in total. The number of amides is 2. The number of carbonyl (C=O) groups is 2. The monoisotopic (exact) mass is 592 g/mol. The van der Waals surface area contributed by atoms with Gasteiger partial charge in [-0.1, -0.05) is 23.8 Å². The molecule has 2 saturated heterocycles. The number of aromatic nitrogens is 2. The minimum absolute atomic E-state index is 0.108. The van der Waals surface area contributed by atoms with Crippen molar-refractivity contribution in [2.75, 3.05) is 36.9 Å². The van der Waals surface area contributed by atoms with E-state index in [4.69, 9.17) is 9.47 Å². The van der Waals surface area contributed by atoms with Crippen LogP contribution in [0.3, 0.4) is 0 Å². The number of dihydropyridines is 1. The van der Waals surface area contributed by atoms with E-state index in [1.54, 1.807) is 36.6 Å². The van der Waals surface area contributed by atoms with Gasteiger partial charge in [-0.3, -0.25) is 19.9 Å². The molecule has 0 saturated carbocycles. The minimum Gasteiger partial charge on any atom is -0.490 e. The van der Waals surface area contributed by atoms with Crippen molar-refractivity contribution in [2.45, 2.75) is 37.8 Å². The van der Waals surface area contributed by atoms with Crippen molar-refractivity contribution in [3.8, 4) is 6.07 Å². The number of hydrogen-bond donors (Lipinski definition) is 4. The van der Waals surface area contributed by atoms with Gasteiger partial charge in [-0.25, -0.2) is 9.97 Å². The highest BCUT2D eigenvalue weighted by molar-refractivity contribution is 6.03. The van der Waals surface area contributed by atoms with E-state index in [1.807, 2.05) is 12.1 Å². The SMILES string of the molecule is N#CC1=C(Nc2cnc(NC(=O)c3ccccc3)nc2)C2=CC(NC(=O)C=C3CCNCC3)=C(OC3CCOC3)CC2N=C1. The number of aliphatic imine (C=N–C) groups is 1. The number of nitrogens with zero attached hydrogens (tertiary/aromatic N) is 4. The van der Waals surface area contributed by atoms with Crippen LogP contribution >= 0.6 is 0 Å². The van der Waals surface area contributed by atoms with Crippen LogP contribution in [0, 0.1) is 11.3 Å². The van der Waals surface area contributed by atoms with Gasteiger partial charge in [0.25, 0.3) is 5.91 Å². The number of nitriles is 1. The normalized spacial score (nSPS) is 21.2. The number of benzene rings is 1. The van der Waals surface area contributed by atoms with Crippen LogP contribution in [0.2, 0.25) is 0 Å². The van der Waals surface area contributed by atoms with Crippen molar-refractivity contribution in [1.82, 2.24) is 20.6 Å². The van der Waals surface area contributed by atoms with Crippen molar-refractivity contribution >= 4 is 29.7 Å². The molecule has 2 atom stereocenters. The van der Waals surface area contributed by atoms with Crippen LogP contribution in [0.15, 0.2) is 93.7 Å². The fourth-order valence-corrected chi connectivity index (χ4v) is 5.34. The van der Waals surface area contributed by atoms with Gasteiger partial charge in [-0.2, -0.15) is 5.26 Å². The Hall–Kier alpha value is -5.12. The molecular formula is C32H32N8O4. The Balaban J connectivity index is 1.24. The quantitative estimate of drug-likeness (QED) is 0.337. The molecule has 12 heteroatoms. The number of ether oxygens (including phenoxy) is 2. The fraction of sp³-hybridized carbons (Fsp3) is 0.312.